The summed E-state index contributed by atoms with van der Waals surface area (Å²) in [6, 6.07) is 14.7. The smallest absolute Gasteiger partial charge is 0.227 e. The van der Waals surface area contributed by atoms with Gasteiger partial charge < -0.3 is 23.7 Å². The highest BCUT2D eigenvalue weighted by atomic mass is 16.5. The highest BCUT2D eigenvalue weighted by molar-refractivity contribution is 5.72. The lowest BCUT2D eigenvalue weighted by atomic mass is 10.1. The van der Waals surface area contributed by atoms with Gasteiger partial charge in [-0.2, -0.15) is 0 Å². The minimum absolute atomic E-state index is 0.447. The summed E-state index contributed by atoms with van der Waals surface area (Å²) in [5, 5.41) is 0. The molecule has 1 aromatic heterocycles. The van der Waals surface area contributed by atoms with E-state index >= 15 is 0 Å². The van der Waals surface area contributed by atoms with E-state index in [2.05, 4.69) is 4.98 Å². The Labute approximate surface area is 158 Å². The Hall–Kier alpha value is -3.41. The number of aromatic nitrogens is 1. The Morgan fingerprint density at radius 3 is 1.63 bits per heavy atom. The van der Waals surface area contributed by atoms with Crippen LogP contribution in [0.15, 0.2) is 54.7 Å². The van der Waals surface area contributed by atoms with E-state index < -0.39 is 0 Å². The van der Waals surface area contributed by atoms with Gasteiger partial charge in [0, 0.05) is 36.0 Å². The first-order valence-corrected chi connectivity index (χ1v) is 8.26. The van der Waals surface area contributed by atoms with Gasteiger partial charge in [-0.3, -0.25) is 0 Å². The third kappa shape index (κ3) is 4.23. The van der Waals surface area contributed by atoms with Crippen LogP contribution in [-0.2, 0) is 0 Å². The quantitative estimate of drug-likeness (QED) is 0.609. The minimum atomic E-state index is 0.447. The number of pyridine rings is 1. The van der Waals surface area contributed by atoms with Crippen molar-refractivity contribution in [3.63, 3.8) is 0 Å². The third-order valence-electron chi connectivity index (χ3n) is 3.97. The molecule has 0 radical (unpaired) electrons. The molecule has 0 unspecified atom stereocenters. The van der Waals surface area contributed by atoms with E-state index in [1.807, 2.05) is 30.3 Å². The normalized spacial score (nSPS) is 10.2. The predicted octanol–water partition coefficient (Wildman–Crippen LogP) is 4.58. The number of ether oxygens (including phenoxy) is 5. The van der Waals surface area contributed by atoms with Crippen LogP contribution in [0.1, 0.15) is 0 Å². The SMILES string of the molecule is COc1cc(OC)cc(Oc2ncccc2-c2cc(OC)cc(OC)c2)c1. The second-order valence-corrected chi connectivity index (χ2v) is 5.61. The van der Waals surface area contributed by atoms with Crippen molar-refractivity contribution in [1.29, 1.82) is 0 Å². The zero-order valence-corrected chi connectivity index (χ0v) is 15.7. The lowest BCUT2D eigenvalue weighted by Gasteiger charge is -2.13. The molecule has 0 fully saturated rings. The molecule has 6 nitrogen and oxygen atoms in total. The number of hydrogen-bond donors (Lipinski definition) is 0. The van der Waals surface area contributed by atoms with E-state index in [0.717, 1.165) is 11.1 Å². The third-order valence-corrected chi connectivity index (χ3v) is 3.97. The van der Waals surface area contributed by atoms with Crippen molar-refractivity contribution in [2.24, 2.45) is 0 Å². The highest BCUT2D eigenvalue weighted by Crippen LogP contribution is 2.37. The Morgan fingerprint density at radius 2 is 1.11 bits per heavy atom. The molecule has 0 aliphatic carbocycles. The molecule has 0 bridgehead atoms. The van der Waals surface area contributed by atoms with E-state index in [1.165, 1.54) is 0 Å². The molecule has 3 rings (SSSR count). The van der Waals surface area contributed by atoms with Crippen LogP contribution in [0.25, 0.3) is 11.1 Å². The molecular formula is C21H21NO5. The van der Waals surface area contributed by atoms with Crippen LogP contribution in [0.5, 0.6) is 34.6 Å². The zero-order valence-electron chi connectivity index (χ0n) is 15.7. The van der Waals surface area contributed by atoms with Gasteiger partial charge in [-0.25, -0.2) is 4.98 Å². The standard InChI is InChI=1S/C21H21NO5/c1-23-15-8-14(9-16(10-15)24-2)20-6-5-7-22-21(20)27-19-12-17(25-3)11-18(13-19)26-4/h5-13H,1-4H3. The van der Waals surface area contributed by atoms with Crippen LogP contribution in [-0.4, -0.2) is 33.4 Å². The molecule has 0 aliphatic heterocycles. The molecule has 2 aromatic carbocycles. The van der Waals surface area contributed by atoms with Gasteiger partial charge in [0.2, 0.25) is 5.88 Å². The molecule has 0 atom stereocenters. The van der Waals surface area contributed by atoms with Crippen molar-refractivity contribution in [3.05, 3.63) is 54.7 Å². The number of nitrogens with zero attached hydrogens (tertiary/aromatic N) is 1. The molecule has 0 saturated carbocycles. The lowest BCUT2D eigenvalue weighted by Crippen LogP contribution is -1.95. The van der Waals surface area contributed by atoms with Crippen LogP contribution in [0, 0.1) is 0 Å². The highest BCUT2D eigenvalue weighted by Gasteiger charge is 2.13. The van der Waals surface area contributed by atoms with E-state index in [0.29, 0.717) is 34.6 Å². The Balaban J connectivity index is 2.03. The molecule has 0 N–H and O–H groups in total. The number of rotatable bonds is 7. The van der Waals surface area contributed by atoms with Crippen LogP contribution in [0.2, 0.25) is 0 Å². The molecule has 1 heterocycles. The van der Waals surface area contributed by atoms with Gasteiger partial charge in [0.1, 0.15) is 28.7 Å². The first-order chi connectivity index (χ1) is 13.2. The molecule has 6 heteroatoms. The fourth-order valence-electron chi connectivity index (χ4n) is 2.61. The van der Waals surface area contributed by atoms with E-state index in [4.69, 9.17) is 23.7 Å². The Morgan fingerprint density at radius 1 is 0.630 bits per heavy atom. The number of hydrogen-bond acceptors (Lipinski definition) is 6. The number of methoxy groups -OCH3 is 4. The van der Waals surface area contributed by atoms with Gasteiger partial charge in [-0.05, 0) is 29.8 Å². The van der Waals surface area contributed by atoms with Crippen LogP contribution < -0.4 is 23.7 Å². The van der Waals surface area contributed by atoms with Crippen molar-refractivity contribution < 1.29 is 23.7 Å². The Bertz CT molecular complexity index is 882. The minimum Gasteiger partial charge on any atom is -0.497 e. The average Bonchev–Trinajstić information content (AvgIpc) is 2.73. The summed E-state index contributed by atoms with van der Waals surface area (Å²) in [7, 11) is 6.41. The van der Waals surface area contributed by atoms with Gasteiger partial charge in [-0.1, -0.05) is 0 Å². The average molecular weight is 367 g/mol. The van der Waals surface area contributed by atoms with Gasteiger partial charge in [0.25, 0.3) is 0 Å². The van der Waals surface area contributed by atoms with Gasteiger partial charge in [0.05, 0.1) is 28.4 Å². The van der Waals surface area contributed by atoms with Crippen molar-refractivity contribution in [2.75, 3.05) is 28.4 Å². The summed E-state index contributed by atoms with van der Waals surface area (Å²) in [6.07, 6.45) is 1.67. The fraction of sp³-hybridized carbons (Fsp3) is 0.190. The second-order valence-electron chi connectivity index (χ2n) is 5.61. The molecule has 0 aliphatic rings. The maximum absolute atomic E-state index is 6.04. The summed E-state index contributed by atoms with van der Waals surface area (Å²) in [4.78, 5) is 4.39. The second kappa shape index (κ2) is 8.31. The van der Waals surface area contributed by atoms with Crippen LogP contribution >= 0.6 is 0 Å². The maximum Gasteiger partial charge on any atom is 0.227 e. The number of benzene rings is 2. The van der Waals surface area contributed by atoms with Crippen LogP contribution in [0.3, 0.4) is 0 Å². The van der Waals surface area contributed by atoms with E-state index in [1.54, 1.807) is 52.8 Å². The largest absolute Gasteiger partial charge is 0.497 e. The molecule has 0 spiro atoms. The van der Waals surface area contributed by atoms with Gasteiger partial charge in [0.15, 0.2) is 0 Å². The Kier molecular flexibility index (Phi) is 5.66. The maximum atomic E-state index is 6.04. The monoisotopic (exact) mass is 367 g/mol. The first kappa shape index (κ1) is 18.4. The summed E-state index contributed by atoms with van der Waals surface area (Å²) in [6.45, 7) is 0. The summed E-state index contributed by atoms with van der Waals surface area (Å²) in [5.41, 5.74) is 1.67. The molecule has 0 amide bonds. The lowest BCUT2D eigenvalue weighted by molar-refractivity contribution is 0.385. The van der Waals surface area contributed by atoms with Crippen molar-refractivity contribution >= 4 is 0 Å². The summed E-state index contributed by atoms with van der Waals surface area (Å²) in [5.74, 6) is 3.63. The van der Waals surface area contributed by atoms with E-state index in [9.17, 15) is 0 Å². The van der Waals surface area contributed by atoms with Gasteiger partial charge in [-0.15, -0.1) is 0 Å². The molecule has 27 heavy (non-hydrogen) atoms. The van der Waals surface area contributed by atoms with Gasteiger partial charge >= 0.3 is 0 Å². The van der Waals surface area contributed by atoms with Crippen molar-refractivity contribution in [3.8, 4) is 45.8 Å². The topological polar surface area (TPSA) is 59.0 Å². The van der Waals surface area contributed by atoms with Crippen molar-refractivity contribution in [2.45, 2.75) is 0 Å². The summed E-state index contributed by atoms with van der Waals surface area (Å²) < 4.78 is 27.4. The molecule has 0 saturated heterocycles. The van der Waals surface area contributed by atoms with Crippen LogP contribution in [0.4, 0.5) is 0 Å². The molecular weight excluding hydrogens is 346 g/mol. The zero-order chi connectivity index (χ0) is 19.2. The fourth-order valence-corrected chi connectivity index (χ4v) is 2.61. The molecule has 140 valence electrons. The summed E-state index contributed by atoms with van der Waals surface area (Å²) >= 11 is 0. The van der Waals surface area contributed by atoms with Crippen molar-refractivity contribution in [1.82, 2.24) is 4.98 Å². The molecule has 3 aromatic rings. The van der Waals surface area contributed by atoms with E-state index in [-0.39, 0.29) is 0 Å². The predicted molar refractivity (Wildman–Crippen MR) is 102 cm³/mol. The first-order valence-electron chi connectivity index (χ1n) is 8.26.